The van der Waals surface area contributed by atoms with Crippen molar-refractivity contribution >= 4 is 17.4 Å². The smallest absolute Gasteiger partial charge is 0.255 e. The van der Waals surface area contributed by atoms with Crippen molar-refractivity contribution < 1.29 is 19.0 Å². The van der Waals surface area contributed by atoms with Gasteiger partial charge in [0, 0.05) is 36.6 Å². The number of likely N-dealkylation sites (tertiary alicyclic amines) is 1. The van der Waals surface area contributed by atoms with E-state index in [1.54, 1.807) is 33.6 Å². The largest absolute Gasteiger partial charge is 0.493 e. The van der Waals surface area contributed by atoms with E-state index in [1.165, 1.54) is 6.42 Å². The molecule has 7 nitrogen and oxygen atoms in total. The summed E-state index contributed by atoms with van der Waals surface area (Å²) in [5, 5.41) is 3.22. The lowest BCUT2D eigenvalue weighted by atomic mass is 9.99. The van der Waals surface area contributed by atoms with Crippen molar-refractivity contribution in [1.29, 1.82) is 0 Å². The van der Waals surface area contributed by atoms with Gasteiger partial charge in [0.2, 0.25) is 5.75 Å². The van der Waals surface area contributed by atoms with E-state index < -0.39 is 0 Å². The topological polar surface area (TPSA) is 72.9 Å². The van der Waals surface area contributed by atoms with Crippen LogP contribution in [-0.4, -0.2) is 49.7 Å². The molecule has 1 unspecified atom stereocenters. The third-order valence-corrected chi connectivity index (χ3v) is 5.31. The van der Waals surface area contributed by atoms with Gasteiger partial charge in [-0.1, -0.05) is 6.92 Å². The second-order valence-electron chi connectivity index (χ2n) is 7.03. The summed E-state index contributed by atoms with van der Waals surface area (Å²) in [6.07, 6.45) is 5.95. The molecule has 1 aromatic heterocycles. The van der Waals surface area contributed by atoms with E-state index in [1.807, 2.05) is 23.1 Å². The predicted octanol–water partition coefficient (Wildman–Crippen LogP) is 4.26. The highest BCUT2D eigenvalue weighted by Gasteiger charge is 2.26. The first-order chi connectivity index (χ1) is 14.1. The Morgan fingerprint density at radius 1 is 1.14 bits per heavy atom. The molecule has 1 aliphatic heterocycles. The summed E-state index contributed by atoms with van der Waals surface area (Å²) < 4.78 is 16.1. The molecule has 7 heteroatoms. The third-order valence-electron chi connectivity index (χ3n) is 5.31. The molecule has 1 N–H and O–H groups in total. The number of hydrogen-bond acceptors (Lipinski definition) is 6. The van der Waals surface area contributed by atoms with Crippen LogP contribution >= 0.6 is 0 Å². The Kier molecular flexibility index (Phi) is 6.80. The number of aromatic nitrogens is 1. The lowest BCUT2D eigenvalue weighted by Crippen LogP contribution is -2.43. The van der Waals surface area contributed by atoms with Crippen molar-refractivity contribution in [3.8, 4) is 17.2 Å². The van der Waals surface area contributed by atoms with E-state index in [4.69, 9.17) is 14.2 Å². The van der Waals surface area contributed by atoms with Crippen LogP contribution in [0.1, 0.15) is 43.0 Å². The zero-order chi connectivity index (χ0) is 20.8. The fraction of sp³-hybridized carbons (Fsp3) is 0.455. The van der Waals surface area contributed by atoms with Gasteiger partial charge in [-0.2, -0.15) is 0 Å². The van der Waals surface area contributed by atoms with Gasteiger partial charge in [-0.15, -0.1) is 0 Å². The van der Waals surface area contributed by atoms with Crippen LogP contribution in [0.3, 0.4) is 0 Å². The maximum absolute atomic E-state index is 12.9. The number of carbonyl (C=O) groups is 1. The minimum Gasteiger partial charge on any atom is -0.493 e. The molecule has 3 rings (SSSR count). The van der Waals surface area contributed by atoms with Gasteiger partial charge in [-0.05, 0) is 37.8 Å². The Morgan fingerprint density at radius 2 is 1.86 bits per heavy atom. The SMILES string of the molecule is CCC1CCCCN1C(=O)c1ccc(Nc2cc(OC)c(OC)c(OC)c2)nc1. The number of nitrogens with one attached hydrogen (secondary N) is 1. The van der Waals surface area contributed by atoms with E-state index in [9.17, 15) is 4.79 Å². The lowest BCUT2D eigenvalue weighted by molar-refractivity contribution is 0.0607. The second-order valence-corrected chi connectivity index (χ2v) is 7.03. The third kappa shape index (κ3) is 4.55. The zero-order valence-corrected chi connectivity index (χ0v) is 17.5. The van der Waals surface area contributed by atoms with Crippen LogP contribution in [0.25, 0.3) is 0 Å². The monoisotopic (exact) mass is 399 g/mol. The molecular weight excluding hydrogens is 370 g/mol. The van der Waals surface area contributed by atoms with Crippen LogP contribution in [0, 0.1) is 0 Å². The average Bonchev–Trinajstić information content (AvgIpc) is 2.78. The van der Waals surface area contributed by atoms with Gasteiger partial charge in [0.15, 0.2) is 11.5 Å². The summed E-state index contributed by atoms with van der Waals surface area (Å²) in [6.45, 7) is 2.96. The molecule has 156 valence electrons. The first kappa shape index (κ1) is 20.8. The molecule has 29 heavy (non-hydrogen) atoms. The number of anilines is 2. The van der Waals surface area contributed by atoms with Crippen molar-refractivity contribution in [3.05, 3.63) is 36.0 Å². The Bertz CT molecular complexity index is 813. The number of carbonyl (C=O) groups excluding carboxylic acids is 1. The molecule has 1 aromatic carbocycles. The maximum Gasteiger partial charge on any atom is 0.255 e. The summed E-state index contributed by atoms with van der Waals surface area (Å²) in [6, 6.07) is 7.56. The van der Waals surface area contributed by atoms with Crippen LogP contribution in [0.5, 0.6) is 17.2 Å². The number of hydrogen-bond donors (Lipinski definition) is 1. The molecule has 0 radical (unpaired) electrons. The molecule has 0 saturated carbocycles. The van der Waals surface area contributed by atoms with Crippen molar-refractivity contribution in [2.24, 2.45) is 0 Å². The Hall–Kier alpha value is -2.96. The van der Waals surface area contributed by atoms with Gasteiger partial charge in [0.05, 0.1) is 26.9 Å². The number of amides is 1. The van der Waals surface area contributed by atoms with Gasteiger partial charge >= 0.3 is 0 Å². The molecule has 0 bridgehead atoms. The lowest BCUT2D eigenvalue weighted by Gasteiger charge is -2.35. The predicted molar refractivity (Wildman–Crippen MR) is 113 cm³/mol. The maximum atomic E-state index is 12.9. The first-order valence-electron chi connectivity index (χ1n) is 9.95. The Labute approximate surface area is 172 Å². The minimum atomic E-state index is 0.0587. The molecule has 0 aliphatic carbocycles. The van der Waals surface area contributed by atoms with Gasteiger partial charge < -0.3 is 24.4 Å². The summed E-state index contributed by atoms with van der Waals surface area (Å²) >= 11 is 0. The van der Waals surface area contributed by atoms with E-state index in [0.717, 1.165) is 31.5 Å². The molecule has 0 spiro atoms. The fourth-order valence-electron chi connectivity index (χ4n) is 3.75. The molecule has 1 fully saturated rings. The van der Waals surface area contributed by atoms with Crippen LogP contribution in [-0.2, 0) is 0 Å². The summed E-state index contributed by atoms with van der Waals surface area (Å²) in [7, 11) is 4.71. The minimum absolute atomic E-state index is 0.0587. The number of methoxy groups -OCH3 is 3. The normalized spacial score (nSPS) is 16.3. The molecule has 2 heterocycles. The highest BCUT2D eigenvalue weighted by Crippen LogP contribution is 2.40. The van der Waals surface area contributed by atoms with Crippen LogP contribution in [0.4, 0.5) is 11.5 Å². The quantitative estimate of drug-likeness (QED) is 0.750. The van der Waals surface area contributed by atoms with Gasteiger partial charge in [0.25, 0.3) is 5.91 Å². The fourth-order valence-corrected chi connectivity index (χ4v) is 3.75. The highest BCUT2D eigenvalue weighted by atomic mass is 16.5. The van der Waals surface area contributed by atoms with E-state index in [0.29, 0.717) is 34.7 Å². The van der Waals surface area contributed by atoms with Crippen molar-refractivity contribution in [3.63, 3.8) is 0 Å². The summed E-state index contributed by atoms with van der Waals surface area (Å²) in [5.74, 6) is 2.32. The molecular formula is C22H29N3O4. The van der Waals surface area contributed by atoms with E-state index in [2.05, 4.69) is 17.2 Å². The van der Waals surface area contributed by atoms with Crippen LogP contribution in [0.2, 0.25) is 0 Å². The van der Waals surface area contributed by atoms with Crippen molar-refractivity contribution in [2.75, 3.05) is 33.2 Å². The number of piperidine rings is 1. The Morgan fingerprint density at radius 3 is 2.41 bits per heavy atom. The van der Waals surface area contributed by atoms with Gasteiger partial charge in [-0.25, -0.2) is 4.98 Å². The number of ether oxygens (including phenoxy) is 3. The highest BCUT2D eigenvalue weighted by molar-refractivity contribution is 5.94. The molecule has 1 aliphatic rings. The van der Waals surface area contributed by atoms with Gasteiger partial charge in [-0.3, -0.25) is 4.79 Å². The van der Waals surface area contributed by atoms with Crippen molar-refractivity contribution in [2.45, 2.75) is 38.6 Å². The molecule has 1 saturated heterocycles. The average molecular weight is 399 g/mol. The zero-order valence-electron chi connectivity index (χ0n) is 17.5. The standard InChI is InChI=1S/C22H29N3O4/c1-5-17-8-6-7-11-25(17)22(26)15-9-10-20(23-14-15)24-16-12-18(27-2)21(29-4)19(13-16)28-3/h9-10,12-14,17H,5-8,11H2,1-4H3,(H,23,24). The van der Waals surface area contributed by atoms with E-state index >= 15 is 0 Å². The van der Waals surface area contributed by atoms with Gasteiger partial charge in [0.1, 0.15) is 5.82 Å². The number of benzene rings is 1. The number of nitrogens with zero attached hydrogens (tertiary/aromatic N) is 2. The summed E-state index contributed by atoms with van der Waals surface area (Å²) in [5.41, 5.74) is 1.36. The van der Waals surface area contributed by atoms with Crippen LogP contribution in [0.15, 0.2) is 30.5 Å². The first-order valence-corrected chi connectivity index (χ1v) is 9.95. The number of rotatable bonds is 7. The second kappa shape index (κ2) is 9.49. The van der Waals surface area contributed by atoms with E-state index in [-0.39, 0.29) is 5.91 Å². The molecule has 1 atom stereocenters. The van der Waals surface area contributed by atoms with Crippen LogP contribution < -0.4 is 19.5 Å². The Balaban J connectivity index is 1.76. The molecule has 2 aromatic rings. The van der Waals surface area contributed by atoms with Crippen molar-refractivity contribution in [1.82, 2.24) is 9.88 Å². The number of pyridine rings is 1. The molecule has 1 amide bonds. The summed E-state index contributed by atoms with van der Waals surface area (Å²) in [4.78, 5) is 19.3.